The van der Waals surface area contributed by atoms with Gasteiger partial charge in [0.1, 0.15) is 0 Å². The van der Waals surface area contributed by atoms with Gasteiger partial charge in [0.2, 0.25) is 12.0 Å². The number of nitrogens with zero attached hydrogens (tertiary/aromatic N) is 1. The molecule has 1 fully saturated rings. The largest absolute Gasteiger partial charge is 0.444 e. The molecule has 1 atom stereocenters. The van der Waals surface area contributed by atoms with E-state index in [0.717, 1.165) is 6.42 Å². The lowest BCUT2D eigenvalue weighted by Gasteiger charge is -2.18. The zero-order valence-electron chi connectivity index (χ0n) is 15.9. The average Bonchev–Trinajstić information content (AvgIpc) is 3.18. The number of nitrogens with one attached hydrogen (secondary N) is 2. The molecular weight excluding hydrogens is 374 g/mol. The Morgan fingerprint density at radius 2 is 1.72 bits per heavy atom. The molecule has 1 aliphatic rings. The number of esters is 1. The van der Waals surface area contributed by atoms with Crippen LogP contribution in [0.3, 0.4) is 0 Å². The van der Waals surface area contributed by atoms with E-state index in [9.17, 15) is 19.2 Å². The molecule has 4 amide bonds. The standard InChI is InChI=1S/C21H21N3O5/c1-22-21(28)23-19(26)18(14-6-3-2-4-7-14)29-20(27)15-9-11-16(12-10-15)24-13-5-8-17(24)25/h2-4,6-7,9-12,18H,5,8,13H2,1H3,(H2,22,23,26,28)/t18-/m0/s1. The molecule has 0 saturated carbocycles. The average molecular weight is 395 g/mol. The number of carbonyl (C=O) groups excluding carboxylic acids is 4. The Kier molecular flexibility index (Phi) is 6.23. The molecule has 2 N–H and O–H groups in total. The van der Waals surface area contributed by atoms with E-state index in [4.69, 9.17) is 4.74 Å². The first kappa shape index (κ1) is 20.1. The van der Waals surface area contributed by atoms with Crippen LogP contribution in [-0.4, -0.2) is 37.4 Å². The molecule has 0 bridgehead atoms. The lowest BCUT2D eigenvalue weighted by molar-refractivity contribution is -0.129. The highest BCUT2D eigenvalue weighted by molar-refractivity contribution is 5.99. The number of hydrogen-bond acceptors (Lipinski definition) is 5. The van der Waals surface area contributed by atoms with Gasteiger partial charge in [0, 0.05) is 31.3 Å². The number of imide groups is 1. The highest BCUT2D eigenvalue weighted by Crippen LogP contribution is 2.23. The normalized spacial score (nSPS) is 14.2. The summed E-state index contributed by atoms with van der Waals surface area (Å²) < 4.78 is 5.40. The SMILES string of the molecule is CNC(=O)NC(=O)[C@@H](OC(=O)c1ccc(N2CCCC2=O)cc1)c1ccccc1. The lowest BCUT2D eigenvalue weighted by Crippen LogP contribution is -2.41. The number of rotatable bonds is 5. The first-order chi connectivity index (χ1) is 14.0. The van der Waals surface area contributed by atoms with Gasteiger partial charge in [-0.1, -0.05) is 30.3 Å². The fourth-order valence-electron chi connectivity index (χ4n) is 3.01. The molecular formula is C21H21N3O5. The molecule has 0 aromatic heterocycles. The molecule has 1 heterocycles. The zero-order chi connectivity index (χ0) is 20.8. The summed E-state index contributed by atoms with van der Waals surface area (Å²) in [6.45, 7) is 0.651. The van der Waals surface area contributed by atoms with Crippen LogP contribution in [0.25, 0.3) is 0 Å². The Balaban J connectivity index is 1.76. The number of carbonyl (C=O) groups is 4. The van der Waals surface area contributed by atoms with E-state index in [1.54, 1.807) is 59.5 Å². The number of ether oxygens (including phenoxy) is 1. The Labute approximate surface area is 167 Å². The highest BCUT2D eigenvalue weighted by Gasteiger charge is 2.27. The van der Waals surface area contributed by atoms with E-state index in [0.29, 0.717) is 24.2 Å². The Morgan fingerprint density at radius 1 is 1.03 bits per heavy atom. The van der Waals surface area contributed by atoms with Crippen molar-refractivity contribution in [2.45, 2.75) is 18.9 Å². The molecule has 0 spiro atoms. The summed E-state index contributed by atoms with van der Waals surface area (Å²) in [5.74, 6) is -1.43. The number of hydrogen-bond donors (Lipinski definition) is 2. The fourth-order valence-corrected chi connectivity index (χ4v) is 3.01. The van der Waals surface area contributed by atoms with Crippen LogP contribution in [0.2, 0.25) is 0 Å². The topological polar surface area (TPSA) is 105 Å². The van der Waals surface area contributed by atoms with Crippen molar-refractivity contribution in [1.29, 1.82) is 0 Å². The van der Waals surface area contributed by atoms with E-state index in [1.165, 1.54) is 7.05 Å². The van der Waals surface area contributed by atoms with Crippen molar-refractivity contribution in [2.75, 3.05) is 18.5 Å². The lowest BCUT2D eigenvalue weighted by atomic mass is 10.1. The maximum Gasteiger partial charge on any atom is 0.339 e. The first-order valence-corrected chi connectivity index (χ1v) is 9.18. The van der Waals surface area contributed by atoms with E-state index in [-0.39, 0.29) is 11.5 Å². The summed E-state index contributed by atoms with van der Waals surface area (Å²) in [7, 11) is 1.37. The molecule has 2 aromatic carbocycles. The van der Waals surface area contributed by atoms with Crippen LogP contribution < -0.4 is 15.5 Å². The smallest absolute Gasteiger partial charge is 0.339 e. The van der Waals surface area contributed by atoms with Crippen LogP contribution in [0, 0.1) is 0 Å². The minimum atomic E-state index is -1.29. The van der Waals surface area contributed by atoms with Gasteiger partial charge in [-0.25, -0.2) is 9.59 Å². The second kappa shape index (κ2) is 9.01. The van der Waals surface area contributed by atoms with E-state index in [1.807, 2.05) is 0 Å². The summed E-state index contributed by atoms with van der Waals surface area (Å²) in [4.78, 5) is 50.0. The van der Waals surface area contributed by atoms with Crippen LogP contribution in [0.5, 0.6) is 0 Å². The summed E-state index contributed by atoms with van der Waals surface area (Å²) in [6.07, 6.45) is 0.0333. The van der Waals surface area contributed by atoms with Crippen molar-refractivity contribution in [1.82, 2.24) is 10.6 Å². The molecule has 0 radical (unpaired) electrons. The van der Waals surface area contributed by atoms with Crippen molar-refractivity contribution >= 4 is 29.5 Å². The van der Waals surface area contributed by atoms with Crippen molar-refractivity contribution in [3.8, 4) is 0 Å². The van der Waals surface area contributed by atoms with Crippen molar-refractivity contribution in [3.05, 3.63) is 65.7 Å². The monoisotopic (exact) mass is 395 g/mol. The Morgan fingerprint density at radius 3 is 2.31 bits per heavy atom. The predicted octanol–water partition coefficient (Wildman–Crippen LogP) is 2.17. The van der Waals surface area contributed by atoms with E-state index in [2.05, 4.69) is 10.6 Å². The second-order valence-corrected chi connectivity index (χ2v) is 6.46. The van der Waals surface area contributed by atoms with Crippen molar-refractivity contribution in [3.63, 3.8) is 0 Å². The maximum absolute atomic E-state index is 12.6. The van der Waals surface area contributed by atoms with E-state index >= 15 is 0 Å². The van der Waals surface area contributed by atoms with Crippen LogP contribution in [0.1, 0.15) is 34.9 Å². The predicted molar refractivity (Wildman–Crippen MR) is 105 cm³/mol. The first-order valence-electron chi connectivity index (χ1n) is 9.18. The van der Waals surface area contributed by atoms with Gasteiger partial charge in [-0.05, 0) is 30.7 Å². The number of anilines is 1. The molecule has 3 rings (SSSR count). The van der Waals surface area contributed by atoms with Gasteiger partial charge in [0.25, 0.3) is 5.91 Å². The van der Waals surface area contributed by atoms with Gasteiger partial charge in [0.15, 0.2) is 0 Å². The van der Waals surface area contributed by atoms with Gasteiger partial charge >= 0.3 is 12.0 Å². The summed E-state index contributed by atoms with van der Waals surface area (Å²) in [5, 5.41) is 4.41. The van der Waals surface area contributed by atoms with Gasteiger partial charge in [0.05, 0.1) is 5.56 Å². The van der Waals surface area contributed by atoms with Gasteiger partial charge in [-0.3, -0.25) is 14.9 Å². The molecule has 1 aliphatic heterocycles. The van der Waals surface area contributed by atoms with Gasteiger partial charge in [-0.2, -0.15) is 0 Å². The summed E-state index contributed by atoms with van der Waals surface area (Å²) in [6, 6.07) is 14.1. The second-order valence-electron chi connectivity index (χ2n) is 6.46. The minimum absolute atomic E-state index is 0.0512. The highest BCUT2D eigenvalue weighted by atomic mass is 16.5. The molecule has 0 unspecified atom stereocenters. The van der Waals surface area contributed by atoms with E-state index < -0.39 is 24.0 Å². The Bertz CT molecular complexity index is 912. The van der Waals surface area contributed by atoms with Crippen molar-refractivity contribution < 1.29 is 23.9 Å². The number of amides is 4. The Hall–Kier alpha value is -3.68. The number of benzene rings is 2. The van der Waals surface area contributed by atoms with Gasteiger partial charge in [-0.15, -0.1) is 0 Å². The molecule has 8 heteroatoms. The molecule has 0 aliphatic carbocycles. The van der Waals surface area contributed by atoms with Crippen LogP contribution in [0.15, 0.2) is 54.6 Å². The quantitative estimate of drug-likeness (QED) is 0.755. The maximum atomic E-state index is 12.6. The molecule has 1 saturated heterocycles. The molecule has 2 aromatic rings. The molecule has 8 nitrogen and oxygen atoms in total. The third-order valence-corrected chi connectivity index (χ3v) is 4.52. The fraction of sp³-hybridized carbons (Fsp3) is 0.238. The van der Waals surface area contributed by atoms with Crippen molar-refractivity contribution in [2.24, 2.45) is 0 Å². The van der Waals surface area contributed by atoms with Gasteiger partial charge < -0.3 is 15.0 Å². The summed E-state index contributed by atoms with van der Waals surface area (Å²) >= 11 is 0. The zero-order valence-corrected chi connectivity index (χ0v) is 15.9. The number of urea groups is 1. The molecule has 29 heavy (non-hydrogen) atoms. The van der Waals surface area contributed by atoms with Crippen LogP contribution in [-0.2, 0) is 14.3 Å². The summed E-state index contributed by atoms with van der Waals surface area (Å²) in [5.41, 5.74) is 1.37. The minimum Gasteiger partial charge on any atom is -0.444 e. The van der Waals surface area contributed by atoms with Crippen LogP contribution in [0.4, 0.5) is 10.5 Å². The molecule has 150 valence electrons. The van der Waals surface area contributed by atoms with Crippen LogP contribution >= 0.6 is 0 Å². The third-order valence-electron chi connectivity index (χ3n) is 4.52. The third kappa shape index (κ3) is 4.78.